The van der Waals surface area contributed by atoms with E-state index in [0.29, 0.717) is 6.61 Å². The Bertz CT molecular complexity index is 208. The van der Waals surface area contributed by atoms with Gasteiger partial charge in [-0.3, -0.25) is 0 Å². The molecule has 2 N–H and O–H groups in total. The molecule has 4 heteroatoms. The molecule has 13 heavy (non-hydrogen) atoms. The van der Waals surface area contributed by atoms with Crippen molar-refractivity contribution in [1.82, 2.24) is 4.90 Å². The Morgan fingerprint density at radius 3 is 2.77 bits per heavy atom. The molecule has 0 bridgehead atoms. The van der Waals surface area contributed by atoms with Crippen LogP contribution in [0.15, 0.2) is 0 Å². The maximum absolute atomic E-state index is 11.3. The van der Waals surface area contributed by atoms with Crippen LogP contribution in [0.3, 0.4) is 0 Å². The highest BCUT2D eigenvalue weighted by Gasteiger charge is 2.34. The number of hydrogen-bond acceptors (Lipinski definition) is 3. The number of amides is 1. The number of carbonyl (C=O) groups is 1. The van der Waals surface area contributed by atoms with Crippen molar-refractivity contribution >= 4 is 6.09 Å². The first-order chi connectivity index (χ1) is 6.29. The van der Waals surface area contributed by atoms with E-state index in [9.17, 15) is 4.79 Å². The average Bonchev–Trinajstić information content (AvgIpc) is 2.52. The van der Waals surface area contributed by atoms with Gasteiger partial charge in [0.05, 0.1) is 12.6 Å². The Kier molecular flexibility index (Phi) is 2.40. The minimum atomic E-state index is -0.178. The lowest BCUT2D eigenvalue weighted by Gasteiger charge is -2.34. The van der Waals surface area contributed by atoms with E-state index in [0.717, 1.165) is 19.4 Å². The highest BCUT2D eigenvalue weighted by molar-refractivity contribution is 5.69. The van der Waals surface area contributed by atoms with E-state index in [2.05, 4.69) is 0 Å². The number of cyclic esters (lactones) is 1. The molecule has 2 aliphatic rings. The lowest BCUT2D eigenvalue weighted by molar-refractivity contribution is 0.132. The molecule has 0 aromatic heterocycles. The van der Waals surface area contributed by atoms with Crippen molar-refractivity contribution in [2.75, 3.05) is 13.2 Å². The molecule has 0 spiro atoms. The van der Waals surface area contributed by atoms with Gasteiger partial charge in [0, 0.05) is 6.04 Å². The maximum atomic E-state index is 11.3. The molecule has 2 rings (SSSR count). The van der Waals surface area contributed by atoms with E-state index in [1.807, 2.05) is 0 Å². The smallest absolute Gasteiger partial charge is 0.410 e. The van der Waals surface area contributed by atoms with Crippen LogP contribution in [0.25, 0.3) is 0 Å². The summed E-state index contributed by atoms with van der Waals surface area (Å²) in [5.74, 6) is 0. The molecule has 1 aliphatic heterocycles. The summed E-state index contributed by atoms with van der Waals surface area (Å²) >= 11 is 0. The van der Waals surface area contributed by atoms with E-state index < -0.39 is 0 Å². The zero-order valence-corrected chi connectivity index (χ0v) is 7.74. The fourth-order valence-electron chi connectivity index (χ4n) is 2.23. The SMILES string of the molecule is NC1CCCCC1N1CCOC1=O. The molecule has 4 nitrogen and oxygen atoms in total. The third-order valence-corrected chi connectivity index (χ3v) is 2.97. The van der Waals surface area contributed by atoms with E-state index in [1.54, 1.807) is 4.90 Å². The molecule has 0 aromatic rings. The number of carbonyl (C=O) groups excluding carboxylic acids is 1. The first-order valence-corrected chi connectivity index (χ1v) is 4.98. The molecular formula is C9H16N2O2. The molecule has 1 aliphatic carbocycles. The predicted octanol–water partition coefficient (Wildman–Crippen LogP) is 0.708. The largest absolute Gasteiger partial charge is 0.448 e. The van der Waals surface area contributed by atoms with Crippen molar-refractivity contribution in [1.29, 1.82) is 0 Å². The van der Waals surface area contributed by atoms with Gasteiger partial charge in [-0.15, -0.1) is 0 Å². The lowest BCUT2D eigenvalue weighted by atomic mass is 9.90. The number of hydrogen-bond donors (Lipinski definition) is 1. The second kappa shape index (κ2) is 3.54. The maximum Gasteiger partial charge on any atom is 0.410 e. The molecule has 2 atom stereocenters. The summed E-state index contributed by atoms with van der Waals surface area (Å²) in [4.78, 5) is 13.1. The molecule has 0 radical (unpaired) electrons. The van der Waals surface area contributed by atoms with Crippen LogP contribution >= 0.6 is 0 Å². The monoisotopic (exact) mass is 184 g/mol. The summed E-state index contributed by atoms with van der Waals surface area (Å²) in [6.07, 6.45) is 4.27. The van der Waals surface area contributed by atoms with Gasteiger partial charge >= 0.3 is 6.09 Å². The molecule has 1 saturated heterocycles. The lowest BCUT2D eigenvalue weighted by Crippen LogP contribution is -2.49. The summed E-state index contributed by atoms with van der Waals surface area (Å²) < 4.78 is 4.90. The summed E-state index contributed by atoms with van der Waals surface area (Å²) in [6.45, 7) is 1.25. The molecule has 0 aromatic carbocycles. The summed E-state index contributed by atoms with van der Waals surface area (Å²) in [5.41, 5.74) is 5.97. The molecule has 1 saturated carbocycles. The van der Waals surface area contributed by atoms with Crippen LogP contribution in [0, 0.1) is 0 Å². The Labute approximate surface area is 78.0 Å². The van der Waals surface area contributed by atoms with Gasteiger partial charge in [0.2, 0.25) is 0 Å². The van der Waals surface area contributed by atoms with Crippen LogP contribution < -0.4 is 5.73 Å². The van der Waals surface area contributed by atoms with Crippen molar-refractivity contribution in [3.8, 4) is 0 Å². The summed E-state index contributed by atoms with van der Waals surface area (Å²) in [7, 11) is 0. The van der Waals surface area contributed by atoms with Crippen molar-refractivity contribution in [3.05, 3.63) is 0 Å². The molecule has 1 heterocycles. The van der Waals surface area contributed by atoms with E-state index in [4.69, 9.17) is 10.5 Å². The van der Waals surface area contributed by atoms with Crippen LogP contribution in [-0.2, 0) is 4.74 Å². The van der Waals surface area contributed by atoms with Crippen LogP contribution in [0.4, 0.5) is 4.79 Å². The van der Waals surface area contributed by atoms with Crippen molar-refractivity contribution in [3.63, 3.8) is 0 Å². The third kappa shape index (κ3) is 1.63. The zero-order valence-electron chi connectivity index (χ0n) is 7.74. The summed E-state index contributed by atoms with van der Waals surface area (Å²) in [6, 6.07) is 0.378. The number of nitrogens with zero attached hydrogens (tertiary/aromatic N) is 1. The highest BCUT2D eigenvalue weighted by atomic mass is 16.6. The molecule has 2 unspecified atom stereocenters. The van der Waals surface area contributed by atoms with Crippen molar-refractivity contribution in [2.45, 2.75) is 37.8 Å². The van der Waals surface area contributed by atoms with Gasteiger partial charge in [0.25, 0.3) is 0 Å². The van der Waals surface area contributed by atoms with Crippen LogP contribution in [0.5, 0.6) is 0 Å². The number of nitrogens with two attached hydrogens (primary N) is 1. The van der Waals surface area contributed by atoms with Gasteiger partial charge in [0.15, 0.2) is 0 Å². The van der Waals surface area contributed by atoms with E-state index in [1.165, 1.54) is 12.8 Å². The standard InChI is InChI=1S/C9H16N2O2/c10-7-3-1-2-4-8(7)11-5-6-13-9(11)12/h7-8H,1-6,10H2. The Hall–Kier alpha value is -0.770. The second-order valence-electron chi connectivity index (χ2n) is 3.82. The first-order valence-electron chi connectivity index (χ1n) is 4.98. The van der Waals surface area contributed by atoms with Crippen molar-refractivity contribution in [2.24, 2.45) is 5.73 Å². The first kappa shape index (κ1) is 8.81. The van der Waals surface area contributed by atoms with Gasteiger partial charge in [-0.2, -0.15) is 0 Å². The highest BCUT2D eigenvalue weighted by Crippen LogP contribution is 2.23. The molecule has 74 valence electrons. The third-order valence-electron chi connectivity index (χ3n) is 2.97. The van der Waals surface area contributed by atoms with Crippen LogP contribution in [-0.4, -0.2) is 36.2 Å². The van der Waals surface area contributed by atoms with Gasteiger partial charge in [0.1, 0.15) is 6.61 Å². The predicted molar refractivity (Wildman–Crippen MR) is 48.3 cm³/mol. The Morgan fingerprint density at radius 1 is 1.38 bits per heavy atom. The zero-order chi connectivity index (χ0) is 9.26. The van der Waals surface area contributed by atoms with E-state index >= 15 is 0 Å². The van der Waals surface area contributed by atoms with Crippen molar-refractivity contribution < 1.29 is 9.53 Å². The molecule has 1 amide bonds. The second-order valence-corrected chi connectivity index (χ2v) is 3.82. The Balaban J connectivity index is 2.01. The minimum Gasteiger partial charge on any atom is -0.448 e. The number of ether oxygens (including phenoxy) is 1. The fraction of sp³-hybridized carbons (Fsp3) is 0.889. The quantitative estimate of drug-likeness (QED) is 0.653. The van der Waals surface area contributed by atoms with Gasteiger partial charge < -0.3 is 15.4 Å². The Morgan fingerprint density at radius 2 is 2.15 bits per heavy atom. The van der Waals surface area contributed by atoms with Crippen LogP contribution in [0.2, 0.25) is 0 Å². The van der Waals surface area contributed by atoms with Gasteiger partial charge in [-0.05, 0) is 12.8 Å². The summed E-state index contributed by atoms with van der Waals surface area (Å²) in [5, 5.41) is 0. The van der Waals surface area contributed by atoms with E-state index in [-0.39, 0.29) is 18.2 Å². The van der Waals surface area contributed by atoms with Crippen LogP contribution in [0.1, 0.15) is 25.7 Å². The topological polar surface area (TPSA) is 55.6 Å². The average molecular weight is 184 g/mol. The van der Waals surface area contributed by atoms with Gasteiger partial charge in [-0.25, -0.2) is 4.79 Å². The fourth-order valence-corrected chi connectivity index (χ4v) is 2.23. The number of rotatable bonds is 1. The minimum absolute atomic E-state index is 0.152. The van der Waals surface area contributed by atoms with Gasteiger partial charge in [-0.1, -0.05) is 12.8 Å². The molecular weight excluding hydrogens is 168 g/mol. The normalized spacial score (nSPS) is 34.8. The molecule has 2 fully saturated rings.